The van der Waals surface area contributed by atoms with E-state index in [1.807, 2.05) is 0 Å². The van der Waals surface area contributed by atoms with E-state index in [1.54, 1.807) is 6.33 Å². The first kappa shape index (κ1) is 13.7. The largest absolute Gasteiger partial charge is 0.314 e. The first-order valence-electron chi connectivity index (χ1n) is 8.93. The molecular weight excluding hydrogens is 260 g/mol. The van der Waals surface area contributed by atoms with E-state index in [9.17, 15) is 0 Å². The maximum atomic E-state index is 4.53. The minimum atomic E-state index is 0.619. The highest BCUT2D eigenvalue weighted by Gasteiger charge is 2.66. The van der Waals surface area contributed by atoms with Gasteiger partial charge in [0, 0.05) is 19.0 Å². The number of hydrogen-bond donors (Lipinski definition) is 1. The molecule has 0 aromatic carbocycles. The molecule has 5 atom stereocenters. The molecule has 1 aromatic heterocycles. The van der Waals surface area contributed by atoms with Gasteiger partial charge in [0.15, 0.2) is 0 Å². The van der Waals surface area contributed by atoms with Crippen LogP contribution in [0.15, 0.2) is 6.33 Å². The van der Waals surface area contributed by atoms with Crippen LogP contribution >= 0.6 is 0 Å². The molecule has 0 spiro atoms. The van der Waals surface area contributed by atoms with Crippen LogP contribution in [0.5, 0.6) is 0 Å². The van der Waals surface area contributed by atoms with E-state index in [4.69, 9.17) is 0 Å². The van der Waals surface area contributed by atoms with Crippen LogP contribution in [0.2, 0.25) is 0 Å². The second kappa shape index (κ2) is 5.38. The summed E-state index contributed by atoms with van der Waals surface area (Å²) >= 11 is 0. The normalized spacial score (nSPS) is 37.7. The minimum Gasteiger partial charge on any atom is -0.314 e. The second-order valence-corrected chi connectivity index (χ2v) is 7.33. The first-order chi connectivity index (χ1) is 10.3. The van der Waals surface area contributed by atoms with E-state index in [1.165, 1.54) is 25.1 Å². The van der Waals surface area contributed by atoms with Crippen LogP contribution in [0.25, 0.3) is 0 Å². The zero-order valence-corrected chi connectivity index (χ0v) is 13.3. The van der Waals surface area contributed by atoms with Gasteiger partial charge in [-0.1, -0.05) is 13.8 Å². The molecule has 116 valence electrons. The fourth-order valence-corrected chi connectivity index (χ4v) is 5.58. The lowest BCUT2D eigenvalue weighted by molar-refractivity contribution is 0.357. The van der Waals surface area contributed by atoms with Gasteiger partial charge in [-0.3, -0.25) is 4.68 Å². The summed E-state index contributed by atoms with van der Waals surface area (Å²) < 4.78 is 2.11. The highest BCUT2D eigenvalue weighted by atomic mass is 15.3. The summed E-state index contributed by atoms with van der Waals surface area (Å²) in [6.45, 7) is 6.50. The lowest BCUT2D eigenvalue weighted by atomic mass is 9.95. The molecule has 3 aliphatic carbocycles. The van der Waals surface area contributed by atoms with Gasteiger partial charge in [-0.15, -0.1) is 0 Å². The van der Waals surface area contributed by atoms with Crippen LogP contribution in [0.4, 0.5) is 0 Å². The molecule has 2 bridgehead atoms. The molecule has 0 aliphatic heterocycles. The van der Waals surface area contributed by atoms with E-state index in [0.29, 0.717) is 6.04 Å². The van der Waals surface area contributed by atoms with Gasteiger partial charge in [-0.05, 0) is 61.8 Å². The maximum Gasteiger partial charge on any atom is 0.138 e. The van der Waals surface area contributed by atoms with E-state index < -0.39 is 0 Å². The van der Waals surface area contributed by atoms with Crippen molar-refractivity contribution in [3.8, 4) is 0 Å². The van der Waals surface area contributed by atoms with E-state index in [2.05, 4.69) is 33.9 Å². The standard InChI is InChI=1S/C17H28N4/c1-3-7-21-14(19-10-20-21)9-13(18-4-2)17-15-11-5-6-12(8-11)16(15)17/h10-13,15-18H,3-9H2,1-2H3. The Morgan fingerprint density at radius 3 is 2.71 bits per heavy atom. The molecule has 21 heavy (non-hydrogen) atoms. The van der Waals surface area contributed by atoms with Gasteiger partial charge in [-0.25, -0.2) is 4.98 Å². The summed E-state index contributed by atoms with van der Waals surface area (Å²) in [6, 6.07) is 0.619. The molecular formula is C17H28N4. The molecule has 3 fully saturated rings. The number of fused-ring (bicyclic) bond motifs is 5. The molecule has 4 nitrogen and oxygen atoms in total. The monoisotopic (exact) mass is 288 g/mol. The zero-order valence-electron chi connectivity index (χ0n) is 13.3. The summed E-state index contributed by atoms with van der Waals surface area (Å²) in [5.41, 5.74) is 0. The van der Waals surface area contributed by atoms with Crippen molar-refractivity contribution in [1.29, 1.82) is 0 Å². The van der Waals surface area contributed by atoms with Gasteiger partial charge in [0.05, 0.1) is 0 Å². The molecule has 4 heteroatoms. The van der Waals surface area contributed by atoms with Crippen molar-refractivity contribution in [3.05, 3.63) is 12.2 Å². The summed E-state index contributed by atoms with van der Waals surface area (Å²) in [5, 5.41) is 8.16. The number of hydrogen-bond acceptors (Lipinski definition) is 3. The summed E-state index contributed by atoms with van der Waals surface area (Å²) in [5.74, 6) is 6.29. The van der Waals surface area contributed by atoms with Crippen LogP contribution in [0, 0.1) is 29.6 Å². The van der Waals surface area contributed by atoms with Crippen LogP contribution in [0.1, 0.15) is 45.4 Å². The van der Waals surface area contributed by atoms with Gasteiger partial charge < -0.3 is 5.32 Å². The van der Waals surface area contributed by atoms with Crippen molar-refractivity contribution in [2.45, 2.75) is 58.5 Å². The Hall–Kier alpha value is -0.900. The molecule has 0 amide bonds. The van der Waals surface area contributed by atoms with Gasteiger partial charge >= 0.3 is 0 Å². The Bertz CT molecular complexity index is 481. The van der Waals surface area contributed by atoms with E-state index >= 15 is 0 Å². The molecule has 0 saturated heterocycles. The van der Waals surface area contributed by atoms with Gasteiger partial charge in [0.25, 0.3) is 0 Å². The van der Waals surface area contributed by atoms with Crippen LogP contribution in [0.3, 0.4) is 0 Å². The number of aromatic nitrogens is 3. The molecule has 3 aliphatic rings. The van der Waals surface area contributed by atoms with Crippen LogP contribution in [-0.4, -0.2) is 27.4 Å². The Labute approximate surface area is 127 Å². The Balaban J connectivity index is 1.47. The number of nitrogens with zero attached hydrogens (tertiary/aromatic N) is 3. The average molecular weight is 288 g/mol. The SMILES string of the molecule is CCCn1ncnc1CC(NCC)C1C2C3CCC(C3)C21. The minimum absolute atomic E-state index is 0.619. The van der Waals surface area contributed by atoms with E-state index in [0.717, 1.165) is 55.5 Å². The highest BCUT2D eigenvalue weighted by Crippen LogP contribution is 2.70. The van der Waals surface area contributed by atoms with Crippen molar-refractivity contribution in [1.82, 2.24) is 20.1 Å². The molecule has 1 heterocycles. The third-order valence-corrected chi connectivity index (χ3v) is 6.26. The average Bonchev–Trinajstić information content (AvgIpc) is 2.83. The first-order valence-corrected chi connectivity index (χ1v) is 8.93. The summed E-state index contributed by atoms with van der Waals surface area (Å²) in [6.07, 6.45) is 8.47. The van der Waals surface area contributed by atoms with Crippen molar-refractivity contribution in [2.24, 2.45) is 29.6 Å². The Morgan fingerprint density at radius 1 is 1.29 bits per heavy atom. The Kier molecular flexibility index (Phi) is 3.52. The third-order valence-electron chi connectivity index (χ3n) is 6.26. The predicted octanol–water partition coefficient (Wildman–Crippen LogP) is 2.50. The molecule has 1 aromatic rings. The summed E-state index contributed by atoms with van der Waals surface area (Å²) in [4.78, 5) is 4.53. The van der Waals surface area contributed by atoms with Gasteiger partial charge in [-0.2, -0.15) is 5.10 Å². The predicted molar refractivity (Wildman–Crippen MR) is 82.8 cm³/mol. The highest BCUT2D eigenvalue weighted by molar-refractivity contribution is 5.16. The topological polar surface area (TPSA) is 42.7 Å². The molecule has 4 rings (SSSR count). The maximum absolute atomic E-state index is 4.53. The van der Waals surface area contributed by atoms with Crippen LogP contribution in [-0.2, 0) is 13.0 Å². The van der Waals surface area contributed by atoms with Crippen molar-refractivity contribution in [2.75, 3.05) is 6.54 Å². The fourth-order valence-electron chi connectivity index (χ4n) is 5.58. The molecule has 3 saturated carbocycles. The van der Waals surface area contributed by atoms with Gasteiger partial charge in [0.1, 0.15) is 12.2 Å². The quantitative estimate of drug-likeness (QED) is 0.838. The van der Waals surface area contributed by atoms with E-state index in [-0.39, 0.29) is 0 Å². The Morgan fingerprint density at radius 2 is 2.05 bits per heavy atom. The van der Waals surface area contributed by atoms with Gasteiger partial charge in [0.2, 0.25) is 0 Å². The molecule has 1 N–H and O–H groups in total. The zero-order chi connectivity index (χ0) is 14.4. The number of nitrogens with one attached hydrogen (secondary N) is 1. The lowest BCUT2D eigenvalue weighted by Gasteiger charge is -2.21. The van der Waals surface area contributed by atoms with Crippen molar-refractivity contribution >= 4 is 0 Å². The molecule has 5 unspecified atom stereocenters. The smallest absolute Gasteiger partial charge is 0.138 e. The number of aryl methyl sites for hydroxylation is 1. The van der Waals surface area contributed by atoms with Crippen molar-refractivity contribution in [3.63, 3.8) is 0 Å². The lowest BCUT2D eigenvalue weighted by Crippen LogP contribution is -2.36. The third kappa shape index (κ3) is 2.23. The number of likely N-dealkylation sites (N-methyl/N-ethyl adjacent to an activating group) is 1. The van der Waals surface area contributed by atoms with Crippen molar-refractivity contribution < 1.29 is 0 Å². The fraction of sp³-hybridized carbons (Fsp3) is 0.882. The molecule has 0 radical (unpaired) electrons. The number of rotatable bonds is 7. The van der Waals surface area contributed by atoms with Crippen LogP contribution < -0.4 is 5.32 Å². The second-order valence-electron chi connectivity index (χ2n) is 7.33. The summed E-state index contributed by atoms with van der Waals surface area (Å²) in [7, 11) is 0.